The predicted octanol–water partition coefficient (Wildman–Crippen LogP) is 6.82. The van der Waals surface area contributed by atoms with Gasteiger partial charge < -0.3 is 19.2 Å². The Morgan fingerprint density at radius 3 is 2.63 bits per heavy atom. The lowest BCUT2D eigenvalue weighted by Gasteiger charge is -2.37. The van der Waals surface area contributed by atoms with Gasteiger partial charge in [-0.25, -0.2) is 4.31 Å². The van der Waals surface area contributed by atoms with Crippen LogP contribution >= 0.6 is 11.9 Å². The number of ether oxygens (including phenoxy) is 3. The highest BCUT2D eigenvalue weighted by Gasteiger charge is 2.30. The van der Waals surface area contributed by atoms with Crippen molar-refractivity contribution >= 4 is 22.9 Å². The number of benzene rings is 3. The van der Waals surface area contributed by atoms with Crippen LogP contribution < -0.4 is 14.2 Å². The highest BCUT2D eigenvalue weighted by molar-refractivity contribution is 7.97. The molecule has 1 aromatic heterocycles. The molecule has 4 aromatic rings. The van der Waals surface area contributed by atoms with E-state index >= 15 is 0 Å². The molecule has 0 aliphatic carbocycles. The molecule has 1 atom stereocenters. The molecule has 1 unspecified atom stereocenters. The van der Waals surface area contributed by atoms with E-state index in [0.717, 1.165) is 48.6 Å². The number of hydrogen-bond acceptors (Lipinski definition) is 5. The minimum absolute atomic E-state index is 0.254. The molecule has 1 aliphatic heterocycles. The van der Waals surface area contributed by atoms with Gasteiger partial charge >= 0.3 is 0 Å². The van der Waals surface area contributed by atoms with Gasteiger partial charge in [0.05, 0.1) is 20.8 Å². The molecule has 1 aliphatic rings. The van der Waals surface area contributed by atoms with Crippen LogP contribution in [0, 0.1) is 0 Å². The lowest BCUT2D eigenvalue weighted by molar-refractivity contribution is 0.299. The topological polar surface area (TPSA) is 46.7 Å². The molecule has 1 N–H and O–H groups in total. The van der Waals surface area contributed by atoms with Gasteiger partial charge in [0, 0.05) is 34.6 Å². The van der Waals surface area contributed by atoms with Crippen LogP contribution in [0.25, 0.3) is 10.9 Å². The van der Waals surface area contributed by atoms with Gasteiger partial charge in [0.1, 0.15) is 5.75 Å². The van der Waals surface area contributed by atoms with E-state index in [1.807, 2.05) is 24.9 Å². The summed E-state index contributed by atoms with van der Waals surface area (Å²) in [6.45, 7) is 3.61. The van der Waals surface area contributed by atoms with Crippen LogP contribution in [-0.2, 0) is 12.8 Å². The van der Waals surface area contributed by atoms with Gasteiger partial charge in [-0.3, -0.25) is 0 Å². The highest BCUT2D eigenvalue weighted by Crippen LogP contribution is 2.44. The van der Waals surface area contributed by atoms with E-state index in [4.69, 9.17) is 14.2 Å². The van der Waals surface area contributed by atoms with Crippen LogP contribution in [0.2, 0.25) is 0 Å². The largest absolute Gasteiger partial charge is 0.497 e. The van der Waals surface area contributed by atoms with Crippen molar-refractivity contribution in [3.05, 3.63) is 83.6 Å². The van der Waals surface area contributed by atoms with Gasteiger partial charge in [-0.1, -0.05) is 18.2 Å². The number of aryl methyl sites for hydroxylation is 1. The molecule has 182 valence electrons. The third kappa shape index (κ3) is 5.00. The minimum atomic E-state index is 0.254. The molecule has 0 radical (unpaired) electrons. The maximum Gasteiger partial charge on any atom is 0.161 e. The number of aromatic amines is 1. The summed E-state index contributed by atoms with van der Waals surface area (Å²) in [5.74, 6) is 2.52. The van der Waals surface area contributed by atoms with Crippen LogP contribution in [0.4, 0.5) is 0 Å². The summed E-state index contributed by atoms with van der Waals surface area (Å²) in [6, 6.07) is 21.5. The summed E-state index contributed by atoms with van der Waals surface area (Å²) in [5, 5.41) is 1.23. The van der Waals surface area contributed by atoms with Crippen LogP contribution in [-0.4, -0.2) is 36.7 Å². The second-order valence-corrected chi connectivity index (χ2v) is 9.83. The van der Waals surface area contributed by atoms with E-state index < -0.39 is 0 Å². The number of methoxy groups -OCH3 is 2. The van der Waals surface area contributed by atoms with Crippen molar-refractivity contribution < 1.29 is 14.2 Å². The minimum Gasteiger partial charge on any atom is -0.497 e. The number of nitrogens with one attached hydrogen (secondary N) is 1. The first-order valence-corrected chi connectivity index (χ1v) is 12.9. The van der Waals surface area contributed by atoms with Crippen molar-refractivity contribution in [3.63, 3.8) is 0 Å². The fraction of sp³-hybridized carbons (Fsp3) is 0.310. The summed E-state index contributed by atoms with van der Waals surface area (Å²) >= 11 is 1.85. The Labute approximate surface area is 211 Å². The van der Waals surface area contributed by atoms with Crippen LogP contribution in [0.3, 0.4) is 0 Å². The molecule has 3 aromatic carbocycles. The molecule has 0 spiro atoms. The molecule has 5 rings (SSSR count). The molecule has 0 fully saturated rings. The van der Waals surface area contributed by atoms with Gasteiger partial charge in [-0.2, -0.15) is 0 Å². The standard InChI is InChI=1S/C29H32N2O3S/c1-4-34-29-18-25-20(16-28(29)33-3)14-15-31(35-23-8-6-5-7-9-23)27(25)13-10-21-19-30-26-12-11-22(32-2)17-24(21)26/h5-9,11-12,16-19,27,30H,4,10,13-15H2,1-3H3. The Hall–Kier alpha value is -3.09. The van der Waals surface area contributed by atoms with E-state index in [2.05, 4.69) is 70.1 Å². The summed E-state index contributed by atoms with van der Waals surface area (Å²) in [6.07, 6.45) is 5.08. The normalized spacial score (nSPS) is 15.7. The lowest BCUT2D eigenvalue weighted by atomic mass is 9.90. The molecule has 0 saturated carbocycles. The maximum atomic E-state index is 5.96. The Bertz CT molecular complexity index is 1290. The van der Waals surface area contributed by atoms with Gasteiger partial charge in [0.15, 0.2) is 11.5 Å². The van der Waals surface area contributed by atoms with Crippen LogP contribution in [0.1, 0.15) is 36.1 Å². The number of aromatic nitrogens is 1. The van der Waals surface area contributed by atoms with Crippen LogP contribution in [0.5, 0.6) is 17.2 Å². The summed E-state index contributed by atoms with van der Waals surface area (Å²) in [4.78, 5) is 4.69. The van der Waals surface area contributed by atoms with Crippen molar-refractivity contribution in [1.82, 2.24) is 9.29 Å². The van der Waals surface area contributed by atoms with Gasteiger partial charge in [-0.15, -0.1) is 0 Å². The Kier molecular flexibility index (Phi) is 7.21. The number of fused-ring (bicyclic) bond motifs is 2. The number of nitrogens with zero attached hydrogens (tertiary/aromatic N) is 1. The lowest BCUT2D eigenvalue weighted by Crippen LogP contribution is -2.31. The maximum absolute atomic E-state index is 5.96. The molecule has 0 amide bonds. The van der Waals surface area contributed by atoms with Crippen molar-refractivity contribution in [1.29, 1.82) is 0 Å². The van der Waals surface area contributed by atoms with Crippen molar-refractivity contribution in [3.8, 4) is 17.2 Å². The zero-order valence-corrected chi connectivity index (χ0v) is 21.4. The molecule has 35 heavy (non-hydrogen) atoms. The molecule has 5 nitrogen and oxygen atoms in total. The first kappa shape index (κ1) is 23.6. The summed E-state index contributed by atoms with van der Waals surface area (Å²) in [7, 11) is 3.43. The zero-order valence-electron chi connectivity index (χ0n) is 20.5. The predicted molar refractivity (Wildman–Crippen MR) is 143 cm³/mol. The average molecular weight is 489 g/mol. The van der Waals surface area contributed by atoms with E-state index in [-0.39, 0.29) is 6.04 Å². The smallest absolute Gasteiger partial charge is 0.161 e. The monoisotopic (exact) mass is 488 g/mol. The van der Waals surface area contributed by atoms with Crippen molar-refractivity contribution in [2.75, 3.05) is 27.4 Å². The number of hydrogen-bond donors (Lipinski definition) is 1. The van der Waals surface area contributed by atoms with Crippen molar-refractivity contribution in [2.45, 2.75) is 37.1 Å². The molecular weight excluding hydrogens is 456 g/mol. The molecule has 2 heterocycles. The Morgan fingerprint density at radius 2 is 1.86 bits per heavy atom. The number of rotatable bonds is 9. The fourth-order valence-corrected chi connectivity index (χ4v) is 6.00. The van der Waals surface area contributed by atoms with Gasteiger partial charge in [0.2, 0.25) is 0 Å². The van der Waals surface area contributed by atoms with Crippen molar-refractivity contribution in [2.24, 2.45) is 0 Å². The third-order valence-electron chi connectivity index (χ3n) is 6.66. The van der Waals surface area contributed by atoms with E-state index in [9.17, 15) is 0 Å². The first-order chi connectivity index (χ1) is 17.2. The molecule has 0 bridgehead atoms. The fourth-order valence-electron chi connectivity index (χ4n) is 4.92. The van der Waals surface area contributed by atoms with Gasteiger partial charge in [-0.05, 0) is 97.3 Å². The Morgan fingerprint density at radius 1 is 1.00 bits per heavy atom. The number of H-pyrrole nitrogens is 1. The average Bonchev–Trinajstić information content (AvgIpc) is 3.30. The van der Waals surface area contributed by atoms with Crippen LogP contribution in [0.15, 0.2) is 71.8 Å². The molecule has 0 saturated heterocycles. The van der Waals surface area contributed by atoms with E-state index in [0.29, 0.717) is 6.61 Å². The quantitative estimate of drug-likeness (QED) is 0.262. The van der Waals surface area contributed by atoms with E-state index in [1.54, 1.807) is 14.2 Å². The van der Waals surface area contributed by atoms with E-state index in [1.165, 1.54) is 27.0 Å². The SMILES string of the molecule is CCOc1cc2c(cc1OC)CCN(Sc1ccccc1)C2CCc1c[nH]c2ccc(OC)cc12. The second kappa shape index (κ2) is 10.7. The zero-order chi connectivity index (χ0) is 24.2. The summed E-state index contributed by atoms with van der Waals surface area (Å²) < 4.78 is 19.6. The van der Waals surface area contributed by atoms with Gasteiger partial charge in [0.25, 0.3) is 0 Å². The molecule has 6 heteroatoms. The molecular formula is C29H32N2O3S. The highest BCUT2D eigenvalue weighted by atomic mass is 32.2. The Balaban J connectivity index is 1.48. The third-order valence-corrected chi connectivity index (χ3v) is 7.82. The second-order valence-electron chi connectivity index (χ2n) is 8.71. The first-order valence-electron chi connectivity index (χ1n) is 12.2. The summed E-state index contributed by atoms with van der Waals surface area (Å²) in [5.41, 5.74) is 5.14.